The van der Waals surface area contributed by atoms with Crippen molar-refractivity contribution in [2.45, 2.75) is 13.0 Å². The number of carbonyl (C=O) groups excluding carboxylic acids is 2. The maximum absolute atomic E-state index is 13.2. The van der Waals surface area contributed by atoms with E-state index in [1.54, 1.807) is 42.5 Å². The second-order valence-corrected chi connectivity index (χ2v) is 7.16. The van der Waals surface area contributed by atoms with Crippen molar-refractivity contribution < 1.29 is 19.1 Å². The van der Waals surface area contributed by atoms with Crippen LogP contribution in [0.4, 0.5) is 5.69 Å². The van der Waals surface area contributed by atoms with Gasteiger partial charge in [-0.25, -0.2) is 4.79 Å². The van der Waals surface area contributed by atoms with E-state index in [0.717, 1.165) is 16.5 Å². The fraction of sp³-hybridized carbons (Fsp3) is 0.120. The van der Waals surface area contributed by atoms with Crippen molar-refractivity contribution in [1.82, 2.24) is 4.98 Å². The van der Waals surface area contributed by atoms with Crippen LogP contribution in [0.3, 0.4) is 0 Å². The van der Waals surface area contributed by atoms with Gasteiger partial charge in [-0.15, -0.1) is 0 Å². The SMILES string of the molecule is COc1ccc(C)cc1NC(=O)[C@@H](OC(=O)c1cc2ccccc2[nH]1)c1ccccc1. The Morgan fingerprint density at radius 3 is 2.42 bits per heavy atom. The van der Waals surface area contributed by atoms with Crippen molar-refractivity contribution >= 4 is 28.5 Å². The summed E-state index contributed by atoms with van der Waals surface area (Å²) >= 11 is 0. The van der Waals surface area contributed by atoms with E-state index in [9.17, 15) is 9.59 Å². The Morgan fingerprint density at radius 2 is 1.68 bits per heavy atom. The molecule has 1 aromatic heterocycles. The van der Waals surface area contributed by atoms with Crippen LogP contribution in [-0.2, 0) is 9.53 Å². The Hall–Kier alpha value is -4.06. The van der Waals surface area contributed by atoms with Gasteiger partial charge in [0, 0.05) is 16.5 Å². The topological polar surface area (TPSA) is 80.4 Å². The van der Waals surface area contributed by atoms with Crippen molar-refractivity contribution in [2.24, 2.45) is 0 Å². The maximum Gasteiger partial charge on any atom is 0.355 e. The van der Waals surface area contributed by atoms with Crippen LogP contribution in [0.2, 0.25) is 0 Å². The lowest BCUT2D eigenvalue weighted by atomic mass is 10.1. The van der Waals surface area contributed by atoms with Gasteiger partial charge in [-0.2, -0.15) is 0 Å². The summed E-state index contributed by atoms with van der Waals surface area (Å²) in [4.78, 5) is 29.1. The summed E-state index contributed by atoms with van der Waals surface area (Å²) in [5.74, 6) is -0.566. The molecule has 0 aliphatic rings. The van der Waals surface area contributed by atoms with Gasteiger partial charge in [-0.05, 0) is 36.8 Å². The standard InChI is InChI=1S/C25H22N2O4/c1-16-12-13-22(30-2)20(14-16)27-24(28)23(17-8-4-3-5-9-17)31-25(29)21-15-18-10-6-7-11-19(18)26-21/h3-15,23,26H,1-2H3,(H,27,28)/t23-/m0/s1. The molecule has 0 aliphatic heterocycles. The number of fused-ring (bicyclic) bond motifs is 1. The third-order valence-corrected chi connectivity index (χ3v) is 4.93. The number of hydrogen-bond donors (Lipinski definition) is 2. The van der Waals surface area contributed by atoms with E-state index in [0.29, 0.717) is 17.0 Å². The summed E-state index contributed by atoms with van der Waals surface area (Å²) in [6.07, 6.45) is -1.13. The van der Waals surface area contributed by atoms with Crippen molar-refractivity contribution in [3.63, 3.8) is 0 Å². The Bertz CT molecular complexity index is 1200. The number of hydrogen-bond acceptors (Lipinski definition) is 4. The number of rotatable bonds is 6. The summed E-state index contributed by atoms with van der Waals surface area (Å²) in [6, 6.07) is 23.6. The van der Waals surface area contributed by atoms with E-state index in [1.165, 1.54) is 7.11 Å². The van der Waals surface area contributed by atoms with E-state index in [-0.39, 0.29) is 5.69 Å². The molecule has 2 N–H and O–H groups in total. The van der Waals surface area contributed by atoms with Crippen LogP contribution < -0.4 is 10.1 Å². The highest BCUT2D eigenvalue weighted by Crippen LogP contribution is 2.28. The zero-order valence-corrected chi connectivity index (χ0v) is 17.2. The second kappa shape index (κ2) is 8.75. The zero-order valence-electron chi connectivity index (χ0n) is 17.2. The fourth-order valence-corrected chi connectivity index (χ4v) is 3.37. The zero-order chi connectivity index (χ0) is 21.8. The molecule has 6 heteroatoms. The third-order valence-electron chi connectivity index (χ3n) is 4.93. The molecule has 0 fully saturated rings. The minimum Gasteiger partial charge on any atom is -0.495 e. The van der Waals surface area contributed by atoms with Crippen molar-refractivity contribution in [2.75, 3.05) is 12.4 Å². The highest BCUT2D eigenvalue weighted by Gasteiger charge is 2.27. The smallest absolute Gasteiger partial charge is 0.355 e. The van der Waals surface area contributed by atoms with E-state index in [1.807, 2.05) is 43.3 Å². The highest BCUT2D eigenvalue weighted by molar-refractivity contribution is 6.00. The minimum absolute atomic E-state index is 0.281. The van der Waals surface area contributed by atoms with Gasteiger partial charge in [-0.1, -0.05) is 54.6 Å². The first-order valence-corrected chi connectivity index (χ1v) is 9.84. The van der Waals surface area contributed by atoms with Crippen molar-refractivity contribution in [3.8, 4) is 5.75 Å². The molecule has 4 aromatic rings. The molecule has 0 bridgehead atoms. The summed E-state index contributed by atoms with van der Waals surface area (Å²) < 4.78 is 11.0. The lowest BCUT2D eigenvalue weighted by Gasteiger charge is -2.19. The molecule has 0 saturated heterocycles. The van der Waals surface area contributed by atoms with Gasteiger partial charge in [0.1, 0.15) is 11.4 Å². The largest absolute Gasteiger partial charge is 0.495 e. The number of anilines is 1. The van der Waals surface area contributed by atoms with Crippen LogP contribution in [0, 0.1) is 6.92 Å². The van der Waals surface area contributed by atoms with Gasteiger partial charge in [0.25, 0.3) is 5.91 Å². The third kappa shape index (κ3) is 4.43. The van der Waals surface area contributed by atoms with Crippen LogP contribution in [0.25, 0.3) is 10.9 Å². The molecule has 4 rings (SSSR count). The molecule has 0 radical (unpaired) electrons. The summed E-state index contributed by atoms with van der Waals surface area (Å²) in [5, 5.41) is 3.72. The number of methoxy groups -OCH3 is 1. The molecule has 0 spiro atoms. The Balaban J connectivity index is 1.62. The van der Waals surface area contributed by atoms with Gasteiger partial charge in [0.05, 0.1) is 12.8 Å². The molecule has 6 nitrogen and oxygen atoms in total. The Morgan fingerprint density at radius 1 is 0.935 bits per heavy atom. The molecule has 3 aromatic carbocycles. The number of carbonyl (C=O) groups is 2. The predicted octanol–water partition coefficient (Wildman–Crippen LogP) is 5.02. The van der Waals surface area contributed by atoms with Crippen LogP contribution in [0.15, 0.2) is 78.9 Å². The van der Waals surface area contributed by atoms with Crippen molar-refractivity contribution in [3.05, 3.63) is 95.7 Å². The number of nitrogens with one attached hydrogen (secondary N) is 2. The van der Waals surface area contributed by atoms with Gasteiger partial charge < -0.3 is 19.8 Å². The molecule has 1 heterocycles. The molecule has 31 heavy (non-hydrogen) atoms. The van der Waals surface area contributed by atoms with Crippen LogP contribution >= 0.6 is 0 Å². The molecular formula is C25H22N2O4. The number of amides is 1. The molecule has 0 aliphatic carbocycles. The van der Waals surface area contributed by atoms with Gasteiger partial charge in [0.2, 0.25) is 6.10 Å². The summed E-state index contributed by atoms with van der Waals surface area (Å²) in [5.41, 5.74) is 3.14. The normalized spacial score (nSPS) is 11.7. The first kappa shape index (κ1) is 20.2. The van der Waals surface area contributed by atoms with Crippen molar-refractivity contribution in [1.29, 1.82) is 0 Å². The van der Waals surface area contributed by atoms with Crippen LogP contribution in [0.5, 0.6) is 5.75 Å². The Kier molecular flexibility index (Phi) is 5.71. The first-order chi connectivity index (χ1) is 15.0. The van der Waals surface area contributed by atoms with E-state index in [4.69, 9.17) is 9.47 Å². The number of esters is 1. The van der Waals surface area contributed by atoms with E-state index < -0.39 is 18.0 Å². The summed E-state index contributed by atoms with van der Waals surface area (Å²) in [6.45, 7) is 1.92. The number of aromatic amines is 1. The average Bonchev–Trinajstić information content (AvgIpc) is 3.22. The molecule has 156 valence electrons. The van der Waals surface area contributed by atoms with Gasteiger partial charge >= 0.3 is 5.97 Å². The molecule has 1 amide bonds. The van der Waals surface area contributed by atoms with Crippen LogP contribution in [-0.4, -0.2) is 24.0 Å². The lowest BCUT2D eigenvalue weighted by Crippen LogP contribution is -2.26. The second-order valence-electron chi connectivity index (χ2n) is 7.16. The number of benzene rings is 3. The fourth-order valence-electron chi connectivity index (χ4n) is 3.37. The first-order valence-electron chi connectivity index (χ1n) is 9.84. The number of aryl methyl sites for hydroxylation is 1. The maximum atomic E-state index is 13.2. The Labute approximate surface area is 179 Å². The molecule has 1 atom stereocenters. The van der Waals surface area contributed by atoms with E-state index >= 15 is 0 Å². The van der Waals surface area contributed by atoms with Gasteiger partial charge in [-0.3, -0.25) is 4.79 Å². The number of H-pyrrole nitrogens is 1. The number of aromatic nitrogens is 1. The van der Waals surface area contributed by atoms with Crippen LogP contribution in [0.1, 0.15) is 27.7 Å². The predicted molar refractivity (Wildman–Crippen MR) is 119 cm³/mol. The highest BCUT2D eigenvalue weighted by atomic mass is 16.5. The molecule has 0 saturated carbocycles. The van der Waals surface area contributed by atoms with E-state index in [2.05, 4.69) is 10.3 Å². The molecule has 0 unspecified atom stereocenters. The average molecular weight is 414 g/mol. The van der Waals surface area contributed by atoms with Gasteiger partial charge in [0.15, 0.2) is 0 Å². The number of ether oxygens (including phenoxy) is 2. The number of para-hydroxylation sites is 1. The monoisotopic (exact) mass is 414 g/mol. The quantitative estimate of drug-likeness (QED) is 0.434. The molecular weight excluding hydrogens is 392 g/mol. The lowest BCUT2D eigenvalue weighted by molar-refractivity contribution is -0.125. The minimum atomic E-state index is -1.13. The summed E-state index contributed by atoms with van der Waals surface area (Å²) in [7, 11) is 1.53.